The van der Waals surface area contributed by atoms with E-state index in [4.69, 9.17) is 10.5 Å². The van der Waals surface area contributed by atoms with Crippen LogP contribution in [0, 0.1) is 0 Å². The SMILES string of the molecule is CCCOc1cc(N)cc(NCCCC(F)(F)F)c1. The molecule has 0 unspecified atom stereocenters. The summed E-state index contributed by atoms with van der Waals surface area (Å²) in [6.45, 7) is 2.82. The molecule has 1 aromatic rings. The lowest BCUT2D eigenvalue weighted by atomic mass is 10.2. The second kappa shape index (κ2) is 7.11. The van der Waals surface area contributed by atoms with Crippen molar-refractivity contribution < 1.29 is 17.9 Å². The molecule has 0 aliphatic rings. The van der Waals surface area contributed by atoms with Gasteiger partial charge in [0, 0.05) is 36.5 Å². The lowest BCUT2D eigenvalue weighted by Crippen LogP contribution is -2.11. The third-order valence-electron chi connectivity index (χ3n) is 2.37. The van der Waals surface area contributed by atoms with Crippen molar-refractivity contribution in [1.82, 2.24) is 0 Å². The van der Waals surface area contributed by atoms with Gasteiger partial charge in [-0.25, -0.2) is 0 Å². The van der Waals surface area contributed by atoms with Crippen molar-refractivity contribution >= 4 is 11.4 Å². The number of rotatable bonds is 7. The summed E-state index contributed by atoms with van der Waals surface area (Å²) in [4.78, 5) is 0. The Hall–Kier alpha value is -1.59. The van der Waals surface area contributed by atoms with Gasteiger partial charge < -0.3 is 15.8 Å². The molecular weight excluding hydrogens is 257 g/mol. The molecule has 1 rings (SSSR count). The molecule has 0 heterocycles. The summed E-state index contributed by atoms with van der Waals surface area (Å²) in [5.41, 5.74) is 6.90. The Bertz CT molecular complexity index is 394. The molecule has 0 saturated heterocycles. The molecule has 0 fully saturated rings. The summed E-state index contributed by atoms with van der Waals surface area (Å²) in [5.74, 6) is 0.625. The van der Waals surface area contributed by atoms with Gasteiger partial charge in [0.05, 0.1) is 6.61 Å². The Morgan fingerprint density at radius 3 is 2.63 bits per heavy atom. The molecule has 0 spiro atoms. The quantitative estimate of drug-likeness (QED) is 0.588. The minimum atomic E-state index is -4.10. The molecule has 3 N–H and O–H groups in total. The molecule has 1 aromatic carbocycles. The summed E-state index contributed by atoms with van der Waals surface area (Å²) >= 11 is 0. The van der Waals surface area contributed by atoms with Crippen LogP contribution in [0.15, 0.2) is 18.2 Å². The molecular formula is C13H19F3N2O. The number of benzene rings is 1. The zero-order valence-electron chi connectivity index (χ0n) is 10.9. The van der Waals surface area contributed by atoms with E-state index in [1.165, 1.54) is 0 Å². The van der Waals surface area contributed by atoms with E-state index in [2.05, 4.69) is 5.32 Å². The van der Waals surface area contributed by atoms with Gasteiger partial charge in [0.25, 0.3) is 0 Å². The number of halogens is 3. The van der Waals surface area contributed by atoms with Gasteiger partial charge in [-0.2, -0.15) is 13.2 Å². The Morgan fingerprint density at radius 2 is 2.00 bits per heavy atom. The van der Waals surface area contributed by atoms with Crippen molar-refractivity contribution in [2.45, 2.75) is 32.4 Å². The highest BCUT2D eigenvalue weighted by Crippen LogP contribution is 2.24. The highest BCUT2D eigenvalue weighted by molar-refractivity contribution is 5.59. The van der Waals surface area contributed by atoms with E-state index in [-0.39, 0.29) is 13.0 Å². The standard InChI is InChI=1S/C13H19F3N2O/c1-2-6-19-12-8-10(17)7-11(9-12)18-5-3-4-13(14,15)16/h7-9,18H,2-6,17H2,1H3. The summed E-state index contributed by atoms with van der Waals surface area (Å²) in [6, 6.07) is 5.10. The number of nitrogen functional groups attached to an aromatic ring is 1. The Balaban J connectivity index is 2.46. The molecule has 108 valence electrons. The van der Waals surface area contributed by atoms with E-state index < -0.39 is 12.6 Å². The van der Waals surface area contributed by atoms with Crippen LogP contribution in [0.5, 0.6) is 5.75 Å². The van der Waals surface area contributed by atoms with Crippen LogP contribution in [0.3, 0.4) is 0 Å². The normalized spacial score (nSPS) is 11.4. The molecule has 0 radical (unpaired) electrons. The van der Waals surface area contributed by atoms with Crippen molar-refractivity contribution in [3.63, 3.8) is 0 Å². The fourth-order valence-corrected chi connectivity index (χ4v) is 1.55. The van der Waals surface area contributed by atoms with Gasteiger partial charge in [-0.15, -0.1) is 0 Å². The molecule has 0 bridgehead atoms. The zero-order valence-corrected chi connectivity index (χ0v) is 10.9. The van der Waals surface area contributed by atoms with Crippen LogP contribution >= 0.6 is 0 Å². The van der Waals surface area contributed by atoms with Crippen LogP contribution in [0.2, 0.25) is 0 Å². The number of ether oxygens (including phenoxy) is 1. The van der Waals surface area contributed by atoms with Crippen LogP contribution in [0.4, 0.5) is 24.5 Å². The van der Waals surface area contributed by atoms with Crippen molar-refractivity contribution in [3.05, 3.63) is 18.2 Å². The van der Waals surface area contributed by atoms with Crippen molar-refractivity contribution in [3.8, 4) is 5.75 Å². The molecule has 0 amide bonds. The van der Waals surface area contributed by atoms with Gasteiger partial charge in [0.2, 0.25) is 0 Å². The first-order valence-corrected chi connectivity index (χ1v) is 6.24. The fourth-order valence-electron chi connectivity index (χ4n) is 1.55. The first-order chi connectivity index (χ1) is 8.90. The minimum absolute atomic E-state index is 0.0312. The highest BCUT2D eigenvalue weighted by atomic mass is 19.4. The molecule has 0 saturated carbocycles. The molecule has 19 heavy (non-hydrogen) atoms. The fraction of sp³-hybridized carbons (Fsp3) is 0.538. The van der Waals surface area contributed by atoms with Crippen LogP contribution in [0.25, 0.3) is 0 Å². The predicted octanol–water partition coefficient (Wildman–Crippen LogP) is 3.81. The number of anilines is 2. The average Bonchev–Trinajstić information content (AvgIpc) is 2.30. The third kappa shape index (κ3) is 6.79. The number of alkyl halides is 3. The van der Waals surface area contributed by atoms with E-state index in [0.717, 1.165) is 6.42 Å². The maximum Gasteiger partial charge on any atom is 0.389 e. The van der Waals surface area contributed by atoms with E-state index in [1.54, 1.807) is 18.2 Å². The van der Waals surface area contributed by atoms with E-state index in [0.29, 0.717) is 23.7 Å². The second-order valence-electron chi connectivity index (χ2n) is 4.28. The zero-order chi connectivity index (χ0) is 14.3. The summed E-state index contributed by atoms with van der Waals surface area (Å²) < 4.78 is 41.4. The van der Waals surface area contributed by atoms with Crippen molar-refractivity contribution in [2.75, 3.05) is 24.2 Å². The van der Waals surface area contributed by atoms with Crippen LogP contribution in [-0.4, -0.2) is 19.3 Å². The Kier molecular flexibility index (Phi) is 5.79. The number of hydrogen-bond acceptors (Lipinski definition) is 3. The first kappa shape index (κ1) is 15.5. The van der Waals surface area contributed by atoms with E-state index >= 15 is 0 Å². The van der Waals surface area contributed by atoms with E-state index in [1.807, 2.05) is 6.92 Å². The number of hydrogen-bond donors (Lipinski definition) is 2. The molecule has 0 aliphatic carbocycles. The Morgan fingerprint density at radius 1 is 1.26 bits per heavy atom. The number of nitrogens with two attached hydrogens (primary N) is 1. The predicted molar refractivity (Wildman–Crippen MR) is 70.4 cm³/mol. The molecule has 0 aliphatic heterocycles. The van der Waals surface area contributed by atoms with Crippen LogP contribution in [0.1, 0.15) is 26.2 Å². The Labute approximate surface area is 110 Å². The molecule has 3 nitrogen and oxygen atoms in total. The van der Waals surface area contributed by atoms with Gasteiger partial charge in [-0.05, 0) is 18.9 Å². The highest BCUT2D eigenvalue weighted by Gasteiger charge is 2.25. The maximum absolute atomic E-state index is 12.0. The van der Waals surface area contributed by atoms with E-state index in [9.17, 15) is 13.2 Å². The monoisotopic (exact) mass is 276 g/mol. The van der Waals surface area contributed by atoms with Gasteiger partial charge >= 0.3 is 6.18 Å². The van der Waals surface area contributed by atoms with Crippen molar-refractivity contribution in [2.24, 2.45) is 0 Å². The minimum Gasteiger partial charge on any atom is -0.493 e. The summed E-state index contributed by atoms with van der Waals surface area (Å²) in [7, 11) is 0. The van der Waals surface area contributed by atoms with Crippen molar-refractivity contribution in [1.29, 1.82) is 0 Å². The van der Waals surface area contributed by atoms with Gasteiger partial charge in [0.1, 0.15) is 5.75 Å². The maximum atomic E-state index is 12.0. The number of nitrogens with one attached hydrogen (secondary N) is 1. The molecule has 0 aromatic heterocycles. The second-order valence-corrected chi connectivity index (χ2v) is 4.28. The summed E-state index contributed by atoms with van der Waals surface area (Å²) in [6.07, 6.45) is -3.99. The van der Waals surface area contributed by atoms with Gasteiger partial charge in [-0.1, -0.05) is 6.92 Å². The summed E-state index contributed by atoms with van der Waals surface area (Å²) in [5, 5.41) is 2.91. The van der Waals surface area contributed by atoms with Crippen LogP contribution in [-0.2, 0) is 0 Å². The lowest BCUT2D eigenvalue weighted by molar-refractivity contribution is -0.134. The average molecular weight is 276 g/mol. The molecule has 0 atom stereocenters. The third-order valence-corrected chi connectivity index (χ3v) is 2.37. The van der Waals surface area contributed by atoms with Crippen LogP contribution < -0.4 is 15.8 Å². The first-order valence-electron chi connectivity index (χ1n) is 6.24. The van der Waals surface area contributed by atoms with Gasteiger partial charge in [-0.3, -0.25) is 0 Å². The topological polar surface area (TPSA) is 47.3 Å². The lowest BCUT2D eigenvalue weighted by Gasteiger charge is -2.11. The smallest absolute Gasteiger partial charge is 0.389 e. The molecule has 6 heteroatoms. The van der Waals surface area contributed by atoms with Gasteiger partial charge in [0.15, 0.2) is 0 Å². The largest absolute Gasteiger partial charge is 0.493 e.